The molecule has 0 bridgehead atoms. The van der Waals surface area contributed by atoms with Crippen LogP contribution in [0.25, 0.3) is 5.57 Å². The summed E-state index contributed by atoms with van der Waals surface area (Å²) in [5.41, 5.74) is 1.68. The van der Waals surface area contributed by atoms with Crippen molar-refractivity contribution in [2.45, 2.75) is 13.5 Å². The van der Waals surface area contributed by atoms with Crippen molar-refractivity contribution >= 4 is 23.1 Å². The molecule has 3 heterocycles. The number of ether oxygens (including phenoxy) is 3. The number of amides is 2. The van der Waals surface area contributed by atoms with Crippen LogP contribution in [0, 0.1) is 0 Å². The number of rotatable bonds is 7. The van der Waals surface area contributed by atoms with Gasteiger partial charge in [0.25, 0.3) is 11.8 Å². The summed E-state index contributed by atoms with van der Waals surface area (Å²) in [7, 11) is 0. The van der Waals surface area contributed by atoms with E-state index < -0.39 is 11.8 Å². The highest BCUT2D eigenvalue weighted by atomic mass is 16.7. The first-order valence-electron chi connectivity index (χ1n) is 10.2. The van der Waals surface area contributed by atoms with E-state index >= 15 is 0 Å². The minimum Gasteiger partial charge on any atom is -0.494 e. The molecule has 8 nitrogen and oxygen atoms in total. The molecule has 2 aromatic carbocycles. The number of fused-ring (bicyclic) bond motifs is 1. The smallest absolute Gasteiger partial charge is 0.278 e. The molecule has 162 valence electrons. The Balaban J connectivity index is 1.52. The number of carbonyl (C=O) groups excluding carboxylic acids is 2. The number of imide groups is 1. The summed E-state index contributed by atoms with van der Waals surface area (Å²) in [5, 5.41) is 3.12. The fourth-order valence-electron chi connectivity index (χ4n) is 3.66. The van der Waals surface area contributed by atoms with Crippen molar-refractivity contribution in [3.05, 3.63) is 77.9 Å². The molecule has 2 amide bonds. The zero-order chi connectivity index (χ0) is 22.1. The highest BCUT2D eigenvalue weighted by molar-refractivity contribution is 6.36. The van der Waals surface area contributed by atoms with Crippen molar-refractivity contribution in [3.8, 4) is 17.2 Å². The minimum absolute atomic E-state index is 0.0392. The van der Waals surface area contributed by atoms with Gasteiger partial charge in [0.1, 0.15) is 17.2 Å². The van der Waals surface area contributed by atoms with E-state index in [0.717, 1.165) is 0 Å². The lowest BCUT2D eigenvalue weighted by Gasteiger charge is -2.13. The van der Waals surface area contributed by atoms with Gasteiger partial charge in [-0.2, -0.15) is 0 Å². The van der Waals surface area contributed by atoms with Crippen LogP contribution in [0.4, 0.5) is 5.69 Å². The first-order chi connectivity index (χ1) is 15.6. The third-order valence-electron chi connectivity index (χ3n) is 5.16. The molecule has 3 aromatic rings. The molecule has 0 unspecified atom stereocenters. The largest absolute Gasteiger partial charge is 0.494 e. The second-order valence-electron chi connectivity index (χ2n) is 7.18. The molecule has 0 fully saturated rings. The quantitative estimate of drug-likeness (QED) is 0.568. The average molecular weight is 432 g/mol. The third-order valence-corrected chi connectivity index (χ3v) is 5.16. The number of benzene rings is 2. The fraction of sp³-hybridized carbons (Fsp3) is 0.167. The van der Waals surface area contributed by atoms with Crippen molar-refractivity contribution in [1.29, 1.82) is 0 Å². The lowest BCUT2D eigenvalue weighted by atomic mass is 10.0. The lowest BCUT2D eigenvalue weighted by Crippen LogP contribution is -2.31. The van der Waals surface area contributed by atoms with Crippen LogP contribution in [-0.4, -0.2) is 30.1 Å². The van der Waals surface area contributed by atoms with Crippen LogP contribution < -0.4 is 19.5 Å². The summed E-state index contributed by atoms with van der Waals surface area (Å²) in [6, 6.07) is 15.8. The van der Waals surface area contributed by atoms with Crippen molar-refractivity contribution in [1.82, 2.24) is 4.90 Å². The van der Waals surface area contributed by atoms with Crippen LogP contribution in [0.1, 0.15) is 18.2 Å². The Bertz CT molecular complexity index is 1200. The fourth-order valence-corrected chi connectivity index (χ4v) is 3.66. The molecule has 0 saturated heterocycles. The van der Waals surface area contributed by atoms with Crippen molar-refractivity contribution in [3.63, 3.8) is 0 Å². The average Bonchev–Trinajstić information content (AvgIpc) is 3.53. The SMILES string of the molecule is CCOc1ccc(C2=C(Nc3ccc4c(c3)OCO4)C(=O)N(Cc3ccco3)C2=O)cc1. The van der Waals surface area contributed by atoms with Crippen molar-refractivity contribution < 1.29 is 28.2 Å². The van der Waals surface area contributed by atoms with Crippen LogP contribution in [0.2, 0.25) is 0 Å². The first-order valence-corrected chi connectivity index (χ1v) is 10.2. The molecule has 2 aliphatic rings. The zero-order valence-electron chi connectivity index (χ0n) is 17.3. The summed E-state index contributed by atoms with van der Waals surface area (Å²) >= 11 is 0. The maximum Gasteiger partial charge on any atom is 0.278 e. The maximum atomic E-state index is 13.3. The highest BCUT2D eigenvalue weighted by Crippen LogP contribution is 2.37. The molecule has 1 aromatic heterocycles. The second-order valence-corrected chi connectivity index (χ2v) is 7.18. The van der Waals surface area contributed by atoms with Crippen LogP contribution in [0.3, 0.4) is 0 Å². The predicted molar refractivity (Wildman–Crippen MR) is 115 cm³/mol. The number of hydrogen-bond donors (Lipinski definition) is 1. The summed E-state index contributed by atoms with van der Waals surface area (Å²) in [5.74, 6) is 1.56. The van der Waals surface area contributed by atoms with E-state index in [2.05, 4.69) is 5.32 Å². The van der Waals surface area contributed by atoms with E-state index in [1.54, 1.807) is 54.6 Å². The number of hydrogen-bond acceptors (Lipinski definition) is 7. The van der Waals surface area contributed by atoms with Crippen molar-refractivity contribution in [2.24, 2.45) is 0 Å². The number of anilines is 1. The van der Waals surface area contributed by atoms with Gasteiger partial charge in [0.15, 0.2) is 11.5 Å². The van der Waals surface area contributed by atoms with Crippen LogP contribution in [0.15, 0.2) is 71.0 Å². The van der Waals surface area contributed by atoms with Gasteiger partial charge < -0.3 is 23.9 Å². The number of nitrogens with zero attached hydrogens (tertiary/aromatic N) is 1. The Morgan fingerprint density at radius 2 is 1.81 bits per heavy atom. The summed E-state index contributed by atoms with van der Waals surface area (Å²) in [6.45, 7) is 2.62. The molecule has 1 N–H and O–H groups in total. The van der Waals surface area contributed by atoms with E-state index in [1.807, 2.05) is 6.92 Å². The van der Waals surface area contributed by atoms with Gasteiger partial charge in [-0.15, -0.1) is 0 Å². The summed E-state index contributed by atoms with van der Waals surface area (Å²) < 4.78 is 21.6. The Morgan fingerprint density at radius 1 is 1.00 bits per heavy atom. The summed E-state index contributed by atoms with van der Waals surface area (Å²) in [6.07, 6.45) is 1.51. The van der Waals surface area contributed by atoms with Crippen molar-refractivity contribution in [2.75, 3.05) is 18.7 Å². The van der Waals surface area contributed by atoms with Crippen LogP contribution in [0.5, 0.6) is 17.2 Å². The van der Waals surface area contributed by atoms with E-state index in [-0.39, 0.29) is 24.6 Å². The molecule has 0 spiro atoms. The van der Waals surface area contributed by atoms with Crippen LogP contribution >= 0.6 is 0 Å². The molecule has 8 heteroatoms. The zero-order valence-corrected chi connectivity index (χ0v) is 17.3. The molecular weight excluding hydrogens is 412 g/mol. The molecular formula is C24H20N2O6. The van der Waals surface area contributed by atoms with Gasteiger partial charge in [0.05, 0.1) is 25.0 Å². The van der Waals surface area contributed by atoms with Gasteiger partial charge in [0.2, 0.25) is 6.79 Å². The topological polar surface area (TPSA) is 90.2 Å². The molecule has 0 radical (unpaired) electrons. The lowest BCUT2D eigenvalue weighted by molar-refractivity contribution is -0.137. The molecule has 0 aliphatic carbocycles. The van der Waals surface area contributed by atoms with E-state index in [1.165, 1.54) is 11.2 Å². The number of carbonyl (C=O) groups is 2. The van der Waals surface area contributed by atoms with Gasteiger partial charge in [-0.3, -0.25) is 14.5 Å². The monoisotopic (exact) mass is 432 g/mol. The Kier molecular flexibility index (Phi) is 5.03. The van der Waals surface area contributed by atoms with E-state index in [9.17, 15) is 9.59 Å². The number of nitrogens with one attached hydrogen (secondary N) is 1. The molecule has 32 heavy (non-hydrogen) atoms. The molecule has 2 aliphatic heterocycles. The number of furan rings is 1. The van der Waals surface area contributed by atoms with Gasteiger partial charge in [-0.1, -0.05) is 12.1 Å². The third kappa shape index (κ3) is 3.56. The van der Waals surface area contributed by atoms with Gasteiger partial charge in [0, 0.05) is 11.8 Å². The normalized spacial score (nSPS) is 15.0. The second kappa shape index (κ2) is 8.14. The highest BCUT2D eigenvalue weighted by Gasteiger charge is 2.39. The van der Waals surface area contributed by atoms with E-state index in [0.29, 0.717) is 40.9 Å². The predicted octanol–water partition coefficient (Wildman–Crippen LogP) is 3.80. The maximum absolute atomic E-state index is 13.3. The Labute approximate surface area is 184 Å². The summed E-state index contributed by atoms with van der Waals surface area (Å²) in [4.78, 5) is 27.8. The molecule has 0 saturated carbocycles. The molecule has 0 atom stereocenters. The standard InChI is InChI=1S/C24H20N2O6/c1-2-29-17-8-5-15(6-9-17)21-22(25-16-7-10-19-20(12-16)32-14-31-19)24(28)26(23(21)27)13-18-4-3-11-30-18/h3-12,25H,2,13-14H2,1H3. The van der Waals surface area contributed by atoms with Gasteiger partial charge in [-0.05, 0) is 48.9 Å². The van der Waals surface area contributed by atoms with Crippen LogP contribution in [-0.2, 0) is 16.1 Å². The Hall–Kier alpha value is -4.20. The van der Waals surface area contributed by atoms with Gasteiger partial charge >= 0.3 is 0 Å². The molecule has 5 rings (SSSR count). The first kappa shape index (κ1) is 19.7. The minimum atomic E-state index is -0.437. The van der Waals surface area contributed by atoms with E-state index in [4.69, 9.17) is 18.6 Å². The van der Waals surface area contributed by atoms with Gasteiger partial charge in [-0.25, -0.2) is 0 Å². The Morgan fingerprint density at radius 3 is 2.56 bits per heavy atom.